The zero-order valence-electron chi connectivity index (χ0n) is 14.4. The van der Waals surface area contributed by atoms with Gasteiger partial charge in [-0.25, -0.2) is 0 Å². The molecule has 1 fully saturated rings. The zero-order valence-corrected chi connectivity index (χ0v) is 14.4. The van der Waals surface area contributed by atoms with Crippen molar-refractivity contribution in [2.75, 3.05) is 24.5 Å². The second kappa shape index (κ2) is 5.74. The van der Waals surface area contributed by atoms with Crippen molar-refractivity contribution in [2.24, 2.45) is 0 Å². The highest BCUT2D eigenvalue weighted by molar-refractivity contribution is 5.78. The fourth-order valence-corrected chi connectivity index (χ4v) is 5.10. The van der Waals surface area contributed by atoms with Gasteiger partial charge in [-0.2, -0.15) is 13.2 Å². The monoisotopic (exact) mass is 358 g/mol. The van der Waals surface area contributed by atoms with Crippen LogP contribution in [0.15, 0.2) is 36.4 Å². The molecular formula is C21H21F3N2. The van der Waals surface area contributed by atoms with Gasteiger partial charge in [0.1, 0.15) is 0 Å². The van der Waals surface area contributed by atoms with Crippen LogP contribution >= 0.6 is 0 Å². The molecule has 2 aromatic carbocycles. The molecular weight excluding hydrogens is 337 g/mol. The number of hydrogen-bond donors (Lipinski definition) is 1. The summed E-state index contributed by atoms with van der Waals surface area (Å²) in [5.41, 5.74) is 4.23. The van der Waals surface area contributed by atoms with E-state index in [1.54, 1.807) is 12.1 Å². The Kier molecular flexibility index (Phi) is 3.58. The van der Waals surface area contributed by atoms with E-state index in [4.69, 9.17) is 0 Å². The van der Waals surface area contributed by atoms with Gasteiger partial charge >= 0.3 is 6.18 Å². The highest BCUT2D eigenvalue weighted by Crippen LogP contribution is 2.49. The van der Waals surface area contributed by atoms with Crippen LogP contribution in [0.25, 0.3) is 11.1 Å². The molecule has 0 spiro atoms. The van der Waals surface area contributed by atoms with Crippen molar-refractivity contribution in [3.63, 3.8) is 0 Å². The van der Waals surface area contributed by atoms with Crippen molar-refractivity contribution in [3.05, 3.63) is 53.1 Å². The molecule has 2 atom stereocenters. The summed E-state index contributed by atoms with van der Waals surface area (Å²) in [5, 5.41) is 3.47. The molecule has 2 nitrogen and oxygen atoms in total. The van der Waals surface area contributed by atoms with E-state index in [1.807, 2.05) is 12.1 Å². The van der Waals surface area contributed by atoms with E-state index in [9.17, 15) is 13.2 Å². The van der Waals surface area contributed by atoms with Gasteiger partial charge in [0, 0.05) is 30.7 Å². The van der Waals surface area contributed by atoms with E-state index >= 15 is 0 Å². The first-order valence-electron chi connectivity index (χ1n) is 9.35. The summed E-state index contributed by atoms with van der Waals surface area (Å²) in [6.07, 6.45) is -1.21. The third-order valence-corrected chi connectivity index (χ3v) is 6.14. The lowest BCUT2D eigenvalue weighted by molar-refractivity contribution is -0.137. The first-order chi connectivity index (χ1) is 12.5. The summed E-state index contributed by atoms with van der Waals surface area (Å²) in [6.45, 7) is 3.00. The number of rotatable bonds is 1. The minimum absolute atomic E-state index is 0.295. The molecule has 136 valence electrons. The van der Waals surface area contributed by atoms with Crippen LogP contribution in [0, 0.1) is 0 Å². The minimum Gasteiger partial charge on any atom is -0.367 e. The average molecular weight is 358 g/mol. The van der Waals surface area contributed by atoms with Crippen LogP contribution in [0.5, 0.6) is 0 Å². The van der Waals surface area contributed by atoms with Gasteiger partial charge in [0.05, 0.1) is 5.56 Å². The third-order valence-electron chi connectivity index (χ3n) is 6.14. The number of hydrogen-bond acceptors (Lipinski definition) is 2. The smallest absolute Gasteiger partial charge is 0.367 e. The Bertz CT molecular complexity index is 859. The molecule has 0 radical (unpaired) electrons. The highest BCUT2D eigenvalue weighted by atomic mass is 19.4. The Morgan fingerprint density at radius 2 is 1.96 bits per heavy atom. The molecule has 0 aromatic heterocycles. The summed E-state index contributed by atoms with van der Waals surface area (Å²) in [7, 11) is 0. The van der Waals surface area contributed by atoms with Crippen LogP contribution < -0.4 is 10.2 Å². The Morgan fingerprint density at radius 3 is 2.81 bits per heavy atom. The lowest BCUT2D eigenvalue weighted by atomic mass is 9.86. The molecule has 1 saturated heterocycles. The van der Waals surface area contributed by atoms with Crippen molar-refractivity contribution < 1.29 is 13.2 Å². The average Bonchev–Trinajstić information content (AvgIpc) is 2.97. The van der Waals surface area contributed by atoms with Crippen LogP contribution in [0.1, 0.15) is 35.4 Å². The second-order valence-electron chi connectivity index (χ2n) is 7.58. The summed E-state index contributed by atoms with van der Waals surface area (Å²) in [6, 6.07) is 10.5. The molecule has 1 N–H and O–H groups in total. The van der Waals surface area contributed by atoms with Gasteiger partial charge in [0.2, 0.25) is 0 Å². The van der Waals surface area contributed by atoms with Crippen LogP contribution in [-0.2, 0) is 12.6 Å². The quantitative estimate of drug-likeness (QED) is 0.802. The fraction of sp³-hybridized carbons (Fsp3) is 0.429. The Morgan fingerprint density at radius 1 is 1.12 bits per heavy atom. The molecule has 2 aromatic rings. The SMILES string of the molecule is FC(F)(F)c1ccccc1-c1cc2c3c(c1)[C@H]1CNCC[C@H]1N3CCC2. The number of piperidine rings is 1. The molecule has 3 heterocycles. The van der Waals surface area contributed by atoms with Crippen molar-refractivity contribution >= 4 is 5.69 Å². The molecule has 3 aliphatic rings. The van der Waals surface area contributed by atoms with Gasteiger partial charge in [-0.3, -0.25) is 0 Å². The number of halogens is 3. The number of fused-ring (bicyclic) bond motifs is 3. The molecule has 26 heavy (non-hydrogen) atoms. The predicted molar refractivity (Wildman–Crippen MR) is 96.6 cm³/mol. The topological polar surface area (TPSA) is 15.3 Å². The summed E-state index contributed by atoms with van der Waals surface area (Å²) < 4.78 is 40.5. The minimum atomic E-state index is -4.34. The first-order valence-corrected chi connectivity index (χ1v) is 9.35. The molecule has 0 bridgehead atoms. The van der Waals surface area contributed by atoms with Gasteiger partial charge in [-0.1, -0.05) is 18.2 Å². The first kappa shape index (κ1) is 16.2. The van der Waals surface area contributed by atoms with Crippen molar-refractivity contribution in [1.82, 2.24) is 5.32 Å². The standard InChI is InChI=1S/C21H21F3N2/c22-21(23,24)18-6-2-1-5-15(18)14-10-13-4-3-9-26-19-7-8-25-12-17(19)16(11-14)20(13)26/h1-2,5-6,10-11,17,19,25H,3-4,7-9,12H2/t17-,19-/m1/s1. The van der Waals surface area contributed by atoms with Crippen molar-refractivity contribution in [3.8, 4) is 11.1 Å². The van der Waals surface area contributed by atoms with Gasteiger partial charge in [-0.05, 0) is 66.3 Å². The summed E-state index contributed by atoms with van der Waals surface area (Å²) in [4.78, 5) is 2.53. The van der Waals surface area contributed by atoms with E-state index in [1.165, 1.54) is 28.9 Å². The number of benzene rings is 2. The maximum atomic E-state index is 13.5. The molecule has 0 amide bonds. The van der Waals surface area contributed by atoms with Gasteiger partial charge in [0.25, 0.3) is 0 Å². The maximum Gasteiger partial charge on any atom is 0.417 e. The molecule has 3 aliphatic heterocycles. The predicted octanol–water partition coefficient (Wildman–Crippen LogP) is 4.58. The van der Waals surface area contributed by atoms with Crippen LogP contribution in [0.2, 0.25) is 0 Å². The molecule has 5 rings (SSSR count). The van der Waals surface area contributed by atoms with Crippen LogP contribution in [-0.4, -0.2) is 25.7 Å². The van der Waals surface area contributed by atoms with Crippen LogP contribution in [0.4, 0.5) is 18.9 Å². The molecule has 0 aliphatic carbocycles. The zero-order chi connectivity index (χ0) is 17.9. The lowest BCUT2D eigenvalue weighted by Crippen LogP contribution is -2.45. The van der Waals surface area contributed by atoms with E-state index in [0.717, 1.165) is 38.9 Å². The normalized spacial score (nSPS) is 24.3. The Balaban J connectivity index is 1.69. The van der Waals surface area contributed by atoms with E-state index < -0.39 is 11.7 Å². The van der Waals surface area contributed by atoms with E-state index in [2.05, 4.69) is 10.2 Å². The van der Waals surface area contributed by atoms with Gasteiger partial charge < -0.3 is 10.2 Å². The summed E-state index contributed by atoms with van der Waals surface area (Å²) in [5.74, 6) is 0.383. The fourth-order valence-electron chi connectivity index (χ4n) is 5.10. The largest absolute Gasteiger partial charge is 0.417 e. The molecule has 5 heteroatoms. The number of nitrogens with zero attached hydrogens (tertiary/aromatic N) is 1. The number of anilines is 1. The third kappa shape index (κ3) is 2.37. The number of aryl methyl sites for hydroxylation is 1. The van der Waals surface area contributed by atoms with Crippen molar-refractivity contribution in [2.45, 2.75) is 37.4 Å². The van der Waals surface area contributed by atoms with Crippen LogP contribution in [0.3, 0.4) is 0 Å². The van der Waals surface area contributed by atoms with Crippen molar-refractivity contribution in [1.29, 1.82) is 0 Å². The second-order valence-corrected chi connectivity index (χ2v) is 7.58. The van der Waals surface area contributed by atoms with E-state index in [-0.39, 0.29) is 0 Å². The Labute approximate surface area is 151 Å². The lowest BCUT2D eigenvalue weighted by Gasteiger charge is -2.36. The Hall–Kier alpha value is -2.01. The number of alkyl halides is 3. The molecule has 0 saturated carbocycles. The highest BCUT2D eigenvalue weighted by Gasteiger charge is 2.42. The summed E-state index contributed by atoms with van der Waals surface area (Å²) >= 11 is 0. The van der Waals surface area contributed by atoms with Gasteiger partial charge in [-0.15, -0.1) is 0 Å². The maximum absolute atomic E-state index is 13.5. The van der Waals surface area contributed by atoms with E-state index in [0.29, 0.717) is 23.1 Å². The molecule has 0 unspecified atom stereocenters. The van der Waals surface area contributed by atoms with Gasteiger partial charge in [0.15, 0.2) is 0 Å². The number of nitrogens with one attached hydrogen (secondary N) is 1.